The monoisotopic (exact) mass is 165 g/mol. The number of halogens is 2. The molecular weight excluding hydrogens is 156 g/mol. The lowest BCUT2D eigenvalue weighted by Crippen LogP contribution is -2.40. The summed E-state index contributed by atoms with van der Waals surface area (Å²) in [4.78, 5) is 10.4. The topological polar surface area (TPSA) is 49.3 Å². The number of nitrogens with one attached hydrogen (secondary N) is 1. The van der Waals surface area contributed by atoms with Gasteiger partial charge in [0.15, 0.2) is 0 Å². The lowest BCUT2D eigenvalue weighted by atomic mass is 9.88. The third-order valence-corrected chi connectivity index (χ3v) is 2.03. The van der Waals surface area contributed by atoms with Gasteiger partial charge < -0.3 is 10.4 Å². The minimum atomic E-state index is -2.78. The van der Waals surface area contributed by atoms with Gasteiger partial charge in [-0.1, -0.05) is 0 Å². The molecule has 0 bridgehead atoms. The summed E-state index contributed by atoms with van der Waals surface area (Å²) in [5, 5.41) is 11.1. The summed E-state index contributed by atoms with van der Waals surface area (Å²) in [7, 11) is 0. The number of aliphatic carboxylic acids is 1. The van der Waals surface area contributed by atoms with Crippen molar-refractivity contribution in [2.24, 2.45) is 5.41 Å². The first kappa shape index (κ1) is 8.39. The summed E-state index contributed by atoms with van der Waals surface area (Å²) in [6, 6.07) is 0. The Morgan fingerprint density at radius 2 is 2.27 bits per heavy atom. The molecule has 0 aromatic carbocycles. The van der Waals surface area contributed by atoms with E-state index in [1.165, 1.54) is 0 Å². The first-order valence-electron chi connectivity index (χ1n) is 3.32. The maximum absolute atomic E-state index is 12.2. The van der Waals surface area contributed by atoms with Crippen LogP contribution < -0.4 is 5.32 Å². The van der Waals surface area contributed by atoms with Gasteiger partial charge in [-0.2, -0.15) is 0 Å². The Labute approximate surface area is 62.4 Å². The standard InChI is InChI=1S/C6H9F2NO2/c7-4(8)6(5(10)11)1-2-9-3-6/h4,9H,1-3H2,(H,10,11)/t6-/m0/s1. The smallest absolute Gasteiger partial charge is 0.316 e. The average molecular weight is 165 g/mol. The van der Waals surface area contributed by atoms with Gasteiger partial charge in [-0.25, -0.2) is 8.78 Å². The van der Waals surface area contributed by atoms with E-state index in [1.807, 2.05) is 0 Å². The highest BCUT2D eigenvalue weighted by Gasteiger charge is 2.49. The van der Waals surface area contributed by atoms with Crippen molar-refractivity contribution in [1.82, 2.24) is 5.32 Å². The molecule has 11 heavy (non-hydrogen) atoms. The van der Waals surface area contributed by atoms with Gasteiger partial charge in [-0.3, -0.25) is 4.79 Å². The number of hydrogen-bond donors (Lipinski definition) is 2. The summed E-state index contributed by atoms with van der Waals surface area (Å²) >= 11 is 0. The fourth-order valence-corrected chi connectivity index (χ4v) is 1.17. The number of rotatable bonds is 2. The van der Waals surface area contributed by atoms with E-state index >= 15 is 0 Å². The second-order valence-electron chi connectivity index (χ2n) is 2.69. The first-order chi connectivity index (χ1) is 5.09. The molecule has 1 atom stereocenters. The summed E-state index contributed by atoms with van der Waals surface area (Å²) in [6.07, 6.45) is -2.77. The first-order valence-corrected chi connectivity index (χ1v) is 3.32. The Kier molecular flexibility index (Phi) is 2.08. The van der Waals surface area contributed by atoms with E-state index < -0.39 is 17.8 Å². The van der Waals surface area contributed by atoms with Gasteiger partial charge in [-0.15, -0.1) is 0 Å². The van der Waals surface area contributed by atoms with E-state index in [0.717, 1.165) is 0 Å². The highest BCUT2D eigenvalue weighted by molar-refractivity contribution is 5.76. The van der Waals surface area contributed by atoms with Crippen molar-refractivity contribution in [3.8, 4) is 0 Å². The van der Waals surface area contributed by atoms with Crippen molar-refractivity contribution in [3.63, 3.8) is 0 Å². The predicted molar refractivity (Wildman–Crippen MR) is 33.6 cm³/mol. The van der Waals surface area contributed by atoms with Crippen molar-refractivity contribution < 1.29 is 18.7 Å². The maximum Gasteiger partial charge on any atom is 0.316 e. The third-order valence-electron chi connectivity index (χ3n) is 2.03. The van der Waals surface area contributed by atoms with Crippen LogP contribution >= 0.6 is 0 Å². The zero-order chi connectivity index (χ0) is 8.48. The zero-order valence-corrected chi connectivity index (χ0v) is 5.81. The summed E-state index contributed by atoms with van der Waals surface area (Å²) < 4.78 is 24.4. The maximum atomic E-state index is 12.2. The quantitative estimate of drug-likeness (QED) is 0.619. The van der Waals surface area contributed by atoms with Crippen LogP contribution in [0.2, 0.25) is 0 Å². The molecule has 0 aliphatic carbocycles. The number of carbonyl (C=O) groups is 1. The summed E-state index contributed by atoms with van der Waals surface area (Å²) in [6.45, 7) is 0.233. The Hall–Kier alpha value is -0.710. The Morgan fingerprint density at radius 1 is 1.64 bits per heavy atom. The third kappa shape index (κ3) is 1.20. The Morgan fingerprint density at radius 3 is 2.45 bits per heavy atom. The second kappa shape index (κ2) is 2.73. The molecule has 1 heterocycles. The van der Waals surface area contributed by atoms with Gasteiger partial charge >= 0.3 is 5.97 Å². The van der Waals surface area contributed by atoms with Gasteiger partial charge in [0.2, 0.25) is 0 Å². The molecule has 64 valence electrons. The molecule has 1 aliphatic heterocycles. The van der Waals surface area contributed by atoms with E-state index in [0.29, 0.717) is 6.54 Å². The molecule has 0 amide bonds. The minimum Gasteiger partial charge on any atom is -0.481 e. The van der Waals surface area contributed by atoms with Crippen LogP contribution in [0.1, 0.15) is 6.42 Å². The molecule has 0 aromatic heterocycles. The van der Waals surface area contributed by atoms with E-state index in [-0.39, 0.29) is 13.0 Å². The molecule has 0 saturated carbocycles. The molecule has 3 nitrogen and oxygen atoms in total. The number of carboxylic acids is 1. The molecule has 1 fully saturated rings. The molecule has 0 unspecified atom stereocenters. The van der Waals surface area contributed by atoms with E-state index in [9.17, 15) is 13.6 Å². The number of carboxylic acid groups (broad SMARTS) is 1. The molecule has 0 aromatic rings. The molecule has 2 N–H and O–H groups in total. The fraction of sp³-hybridized carbons (Fsp3) is 0.833. The molecular formula is C6H9F2NO2. The normalized spacial score (nSPS) is 31.2. The Bertz CT molecular complexity index is 166. The zero-order valence-electron chi connectivity index (χ0n) is 5.81. The SMILES string of the molecule is O=C(O)[C@@]1(C(F)F)CCNC1. The summed E-state index contributed by atoms with van der Waals surface area (Å²) in [5.41, 5.74) is -1.83. The van der Waals surface area contributed by atoms with Crippen molar-refractivity contribution in [2.75, 3.05) is 13.1 Å². The van der Waals surface area contributed by atoms with Gasteiger partial charge in [0, 0.05) is 6.54 Å². The van der Waals surface area contributed by atoms with E-state index in [2.05, 4.69) is 5.32 Å². The van der Waals surface area contributed by atoms with E-state index in [4.69, 9.17) is 5.11 Å². The molecule has 1 rings (SSSR count). The van der Waals surface area contributed by atoms with Gasteiger partial charge in [0.25, 0.3) is 6.43 Å². The number of alkyl halides is 2. The van der Waals surface area contributed by atoms with Crippen molar-refractivity contribution >= 4 is 5.97 Å². The van der Waals surface area contributed by atoms with Crippen molar-refractivity contribution in [2.45, 2.75) is 12.8 Å². The van der Waals surface area contributed by atoms with Crippen LogP contribution in [0.4, 0.5) is 8.78 Å². The van der Waals surface area contributed by atoms with Gasteiger partial charge in [0.1, 0.15) is 5.41 Å². The molecule has 0 radical (unpaired) electrons. The Balaban J connectivity index is 2.79. The van der Waals surface area contributed by atoms with E-state index in [1.54, 1.807) is 0 Å². The minimum absolute atomic E-state index is 0.0139. The number of hydrogen-bond acceptors (Lipinski definition) is 2. The van der Waals surface area contributed by atoms with Crippen LogP contribution in [0.25, 0.3) is 0 Å². The molecule has 5 heteroatoms. The lowest BCUT2D eigenvalue weighted by Gasteiger charge is -2.20. The molecule has 1 saturated heterocycles. The molecule has 1 aliphatic rings. The van der Waals surface area contributed by atoms with Crippen LogP contribution in [0, 0.1) is 5.41 Å². The van der Waals surface area contributed by atoms with Gasteiger partial charge in [0.05, 0.1) is 0 Å². The van der Waals surface area contributed by atoms with Crippen molar-refractivity contribution in [1.29, 1.82) is 0 Å². The van der Waals surface area contributed by atoms with Gasteiger partial charge in [-0.05, 0) is 13.0 Å². The highest BCUT2D eigenvalue weighted by atomic mass is 19.3. The molecule has 0 spiro atoms. The van der Waals surface area contributed by atoms with Crippen LogP contribution in [-0.4, -0.2) is 30.6 Å². The summed E-state index contributed by atoms with van der Waals surface area (Å²) in [5.74, 6) is -1.41. The van der Waals surface area contributed by atoms with Crippen LogP contribution in [0.3, 0.4) is 0 Å². The van der Waals surface area contributed by atoms with Crippen molar-refractivity contribution in [3.05, 3.63) is 0 Å². The lowest BCUT2D eigenvalue weighted by molar-refractivity contribution is -0.157. The van der Waals surface area contributed by atoms with Crippen LogP contribution in [0.5, 0.6) is 0 Å². The second-order valence-corrected chi connectivity index (χ2v) is 2.69. The highest BCUT2D eigenvalue weighted by Crippen LogP contribution is 2.32. The average Bonchev–Trinajstić information content (AvgIpc) is 2.34. The van der Waals surface area contributed by atoms with Crippen LogP contribution in [-0.2, 0) is 4.79 Å². The van der Waals surface area contributed by atoms with Crippen LogP contribution in [0.15, 0.2) is 0 Å². The largest absolute Gasteiger partial charge is 0.481 e. The predicted octanol–water partition coefficient (Wildman–Crippen LogP) is 0.316. The fourth-order valence-electron chi connectivity index (χ4n) is 1.17.